The molecule has 0 radical (unpaired) electrons. The molecule has 144 valence electrons. The molecule has 1 atom stereocenters. The Labute approximate surface area is 164 Å². The number of hydrogen-bond donors (Lipinski definition) is 0. The van der Waals surface area contributed by atoms with Crippen molar-refractivity contribution in [3.8, 4) is 11.3 Å². The van der Waals surface area contributed by atoms with E-state index >= 15 is 0 Å². The average Bonchev–Trinajstić information content (AvgIpc) is 3.22. The number of benzene rings is 2. The van der Waals surface area contributed by atoms with Crippen molar-refractivity contribution in [2.24, 2.45) is 0 Å². The molecule has 1 amide bonds. The predicted molar refractivity (Wildman–Crippen MR) is 108 cm³/mol. The standard InChI is InChI=1S/C23H23NO4/c1-15-12-16(2)14-19(13-15)22(25)24(17(3)23(26)27-4)20-9-7-18(8-10-20)21-6-5-11-28-21/h5-14,17H,1-4H3/t17-/m0/s1. The van der Waals surface area contributed by atoms with E-state index in [2.05, 4.69) is 0 Å². The number of hydrogen-bond acceptors (Lipinski definition) is 4. The third-order valence-corrected chi connectivity index (χ3v) is 4.57. The number of nitrogens with zero attached hydrogens (tertiary/aromatic N) is 1. The Morgan fingerprint density at radius 1 is 1.00 bits per heavy atom. The molecule has 3 rings (SSSR count). The number of rotatable bonds is 5. The van der Waals surface area contributed by atoms with Crippen LogP contribution in [0.4, 0.5) is 5.69 Å². The zero-order valence-corrected chi connectivity index (χ0v) is 16.4. The molecule has 0 saturated carbocycles. The predicted octanol–water partition coefficient (Wildman–Crippen LogP) is 4.77. The summed E-state index contributed by atoms with van der Waals surface area (Å²) in [5, 5.41) is 0. The van der Waals surface area contributed by atoms with E-state index in [1.54, 1.807) is 25.3 Å². The fourth-order valence-electron chi connectivity index (χ4n) is 3.26. The summed E-state index contributed by atoms with van der Waals surface area (Å²) in [6, 6.07) is 15.9. The molecule has 0 aliphatic rings. The van der Waals surface area contributed by atoms with Crippen LogP contribution in [-0.4, -0.2) is 25.0 Å². The Kier molecular flexibility index (Phi) is 5.64. The first kappa shape index (κ1) is 19.4. The molecule has 0 N–H and O–H groups in total. The fraction of sp³-hybridized carbons (Fsp3) is 0.217. The van der Waals surface area contributed by atoms with Crippen LogP contribution in [0.1, 0.15) is 28.4 Å². The lowest BCUT2D eigenvalue weighted by molar-refractivity contribution is -0.141. The van der Waals surface area contributed by atoms with E-state index in [4.69, 9.17) is 9.15 Å². The topological polar surface area (TPSA) is 59.8 Å². The third-order valence-electron chi connectivity index (χ3n) is 4.57. The molecule has 1 heterocycles. The van der Waals surface area contributed by atoms with Gasteiger partial charge in [-0.1, -0.05) is 17.2 Å². The maximum absolute atomic E-state index is 13.3. The van der Waals surface area contributed by atoms with Gasteiger partial charge in [-0.25, -0.2) is 4.79 Å². The van der Waals surface area contributed by atoms with Crippen LogP contribution in [0.25, 0.3) is 11.3 Å². The van der Waals surface area contributed by atoms with Crippen LogP contribution in [0.3, 0.4) is 0 Å². The molecule has 2 aromatic carbocycles. The second-order valence-electron chi connectivity index (χ2n) is 6.77. The Morgan fingerprint density at radius 3 is 2.18 bits per heavy atom. The fourth-order valence-corrected chi connectivity index (χ4v) is 3.26. The monoisotopic (exact) mass is 377 g/mol. The summed E-state index contributed by atoms with van der Waals surface area (Å²) in [5.41, 5.74) is 4.00. The summed E-state index contributed by atoms with van der Waals surface area (Å²) < 4.78 is 10.3. The SMILES string of the molecule is COC(=O)[C@H](C)N(C(=O)c1cc(C)cc(C)c1)c1ccc(-c2ccco2)cc1. The summed E-state index contributed by atoms with van der Waals surface area (Å²) in [5.74, 6) is 0.00281. The quantitative estimate of drug-likeness (QED) is 0.601. The van der Waals surface area contributed by atoms with Crippen molar-refractivity contribution in [3.63, 3.8) is 0 Å². The van der Waals surface area contributed by atoms with Gasteiger partial charge in [-0.2, -0.15) is 0 Å². The van der Waals surface area contributed by atoms with Crippen molar-refractivity contribution in [3.05, 3.63) is 77.6 Å². The molecule has 3 aromatic rings. The van der Waals surface area contributed by atoms with Crippen LogP contribution in [0.5, 0.6) is 0 Å². The van der Waals surface area contributed by atoms with Gasteiger partial charge in [0.15, 0.2) is 0 Å². The highest BCUT2D eigenvalue weighted by Crippen LogP contribution is 2.26. The van der Waals surface area contributed by atoms with Crippen molar-refractivity contribution < 1.29 is 18.7 Å². The lowest BCUT2D eigenvalue weighted by atomic mass is 10.0. The molecule has 1 aromatic heterocycles. The van der Waals surface area contributed by atoms with E-state index in [9.17, 15) is 9.59 Å². The van der Waals surface area contributed by atoms with E-state index in [0.717, 1.165) is 22.5 Å². The number of anilines is 1. The number of methoxy groups -OCH3 is 1. The van der Waals surface area contributed by atoms with Gasteiger partial charge in [-0.3, -0.25) is 9.69 Å². The highest BCUT2D eigenvalue weighted by atomic mass is 16.5. The van der Waals surface area contributed by atoms with Crippen LogP contribution >= 0.6 is 0 Å². The van der Waals surface area contributed by atoms with Gasteiger partial charge in [-0.15, -0.1) is 0 Å². The summed E-state index contributed by atoms with van der Waals surface area (Å²) in [6.07, 6.45) is 1.61. The first-order valence-electron chi connectivity index (χ1n) is 9.04. The molecule has 0 unspecified atom stereocenters. The van der Waals surface area contributed by atoms with Gasteiger partial charge >= 0.3 is 5.97 Å². The minimum atomic E-state index is -0.771. The summed E-state index contributed by atoms with van der Waals surface area (Å²) in [4.78, 5) is 27.0. The summed E-state index contributed by atoms with van der Waals surface area (Å²) >= 11 is 0. The Bertz CT molecular complexity index is 954. The largest absolute Gasteiger partial charge is 0.467 e. The molecular formula is C23H23NO4. The van der Waals surface area contributed by atoms with Gasteiger partial charge in [-0.05, 0) is 69.3 Å². The minimum Gasteiger partial charge on any atom is -0.467 e. The van der Waals surface area contributed by atoms with Crippen molar-refractivity contribution in [1.82, 2.24) is 0 Å². The molecule has 0 aliphatic heterocycles. The minimum absolute atomic E-state index is 0.254. The van der Waals surface area contributed by atoms with Gasteiger partial charge in [0.05, 0.1) is 13.4 Å². The molecule has 5 heteroatoms. The van der Waals surface area contributed by atoms with Crippen molar-refractivity contribution >= 4 is 17.6 Å². The zero-order valence-electron chi connectivity index (χ0n) is 16.4. The van der Waals surface area contributed by atoms with Gasteiger partial charge in [0, 0.05) is 16.8 Å². The number of esters is 1. The van der Waals surface area contributed by atoms with Gasteiger partial charge in [0.25, 0.3) is 5.91 Å². The Hall–Kier alpha value is -3.34. The summed E-state index contributed by atoms with van der Waals surface area (Å²) in [6.45, 7) is 5.54. The van der Waals surface area contributed by atoms with Gasteiger partial charge < -0.3 is 9.15 Å². The van der Waals surface area contributed by atoms with Crippen molar-refractivity contribution in [2.45, 2.75) is 26.8 Å². The molecule has 5 nitrogen and oxygen atoms in total. The first-order chi connectivity index (χ1) is 13.4. The van der Waals surface area contributed by atoms with E-state index in [0.29, 0.717) is 11.3 Å². The second kappa shape index (κ2) is 8.13. The number of furan rings is 1. The number of amides is 1. The van der Waals surface area contributed by atoms with Crippen LogP contribution in [0.2, 0.25) is 0 Å². The lowest BCUT2D eigenvalue weighted by Crippen LogP contribution is -2.44. The van der Waals surface area contributed by atoms with Crippen LogP contribution in [0.15, 0.2) is 65.3 Å². The van der Waals surface area contributed by atoms with Crippen LogP contribution < -0.4 is 4.90 Å². The molecular weight excluding hydrogens is 354 g/mol. The Balaban J connectivity index is 2.01. The highest BCUT2D eigenvalue weighted by Gasteiger charge is 2.29. The molecule has 0 saturated heterocycles. The second-order valence-corrected chi connectivity index (χ2v) is 6.77. The smallest absolute Gasteiger partial charge is 0.328 e. The maximum atomic E-state index is 13.3. The van der Waals surface area contributed by atoms with E-state index in [-0.39, 0.29) is 5.91 Å². The number of carbonyl (C=O) groups is 2. The molecule has 0 bridgehead atoms. The van der Waals surface area contributed by atoms with Gasteiger partial charge in [0.1, 0.15) is 11.8 Å². The molecule has 0 fully saturated rings. The van der Waals surface area contributed by atoms with Crippen LogP contribution in [-0.2, 0) is 9.53 Å². The van der Waals surface area contributed by atoms with Crippen molar-refractivity contribution in [2.75, 3.05) is 12.0 Å². The summed E-state index contributed by atoms with van der Waals surface area (Å²) in [7, 11) is 1.32. The van der Waals surface area contributed by atoms with Gasteiger partial charge in [0.2, 0.25) is 0 Å². The van der Waals surface area contributed by atoms with E-state index in [1.165, 1.54) is 12.0 Å². The number of ether oxygens (including phenoxy) is 1. The maximum Gasteiger partial charge on any atom is 0.328 e. The molecule has 0 spiro atoms. The van der Waals surface area contributed by atoms with Crippen molar-refractivity contribution in [1.29, 1.82) is 0 Å². The third kappa shape index (κ3) is 3.98. The zero-order chi connectivity index (χ0) is 20.3. The number of carbonyl (C=O) groups excluding carboxylic acids is 2. The molecule has 0 aliphatic carbocycles. The molecule has 28 heavy (non-hydrogen) atoms. The Morgan fingerprint density at radius 2 is 1.64 bits per heavy atom. The first-order valence-corrected chi connectivity index (χ1v) is 9.04. The van der Waals surface area contributed by atoms with E-state index in [1.807, 2.05) is 56.3 Å². The lowest BCUT2D eigenvalue weighted by Gasteiger charge is -2.28. The number of aryl methyl sites for hydroxylation is 2. The average molecular weight is 377 g/mol. The van der Waals surface area contributed by atoms with Crippen LogP contribution in [0, 0.1) is 13.8 Å². The highest BCUT2D eigenvalue weighted by molar-refractivity contribution is 6.09. The van der Waals surface area contributed by atoms with E-state index < -0.39 is 12.0 Å². The normalized spacial score (nSPS) is 11.7.